The van der Waals surface area contributed by atoms with E-state index in [1.165, 1.54) is 10.9 Å². The Morgan fingerprint density at radius 2 is 2.05 bits per heavy atom. The molecule has 0 radical (unpaired) electrons. The Hall–Kier alpha value is -2.11. The van der Waals surface area contributed by atoms with E-state index in [2.05, 4.69) is 4.98 Å². The molecule has 0 spiro atoms. The zero-order chi connectivity index (χ0) is 15.0. The molecule has 6 nitrogen and oxygen atoms in total. The molecule has 0 N–H and O–H groups in total. The van der Waals surface area contributed by atoms with Crippen LogP contribution in [0, 0.1) is 13.8 Å². The van der Waals surface area contributed by atoms with Crippen LogP contribution in [0.4, 0.5) is 0 Å². The van der Waals surface area contributed by atoms with Gasteiger partial charge in [0.15, 0.2) is 0 Å². The third-order valence-electron chi connectivity index (χ3n) is 4.18. The summed E-state index contributed by atoms with van der Waals surface area (Å²) >= 11 is 0. The van der Waals surface area contributed by atoms with Crippen LogP contribution in [-0.4, -0.2) is 33.4 Å². The monoisotopic (exact) mass is 289 g/mol. The Labute approximate surface area is 122 Å². The first kappa shape index (κ1) is 13.9. The minimum atomic E-state index is -0.136. The summed E-state index contributed by atoms with van der Waals surface area (Å²) in [6.45, 7) is 5.71. The number of hydrogen-bond acceptors (Lipinski definition) is 4. The Kier molecular flexibility index (Phi) is 3.53. The molecule has 1 aliphatic heterocycles. The van der Waals surface area contributed by atoms with E-state index in [0.29, 0.717) is 29.8 Å². The van der Waals surface area contributed by atoms with Gasteiger partial charge in [-0.25, -0.2) is 4.98 Å². The Bertz CT molecular complexity index is 738. The number of likely N-dealkylation sites (tertiary alicyclic amines) is 1. The van der Waals surface area contributed by atoms with Crippen LogP contribution in [0.1, 0.15) is 30.6 Å². The highest BCUT2D eigenvalue weighted by molar-refractivity contribution is 5.78. The van der Waals surface area contributed by atoms with Crippen LogP contribution >= 0.6 is 0 Å². The van der Waals surface area contributed by atoms with Gasteiger partial charge in [0.2, 0.25) is 11.6 Å². The van der Waals surface area contributed by atoms with Crippen LogP contribution in [0.3, 0.4) is 0 Å². The molecule has 21 heavy (non-hydrogen) atoms. The highest BCUT2D eigenvalue weighted by atomic mass is 16.3. The topological polar surface area (TPSA) is 68.3 Å². The van der Waals surface area contributed by atoms with Crippen molar-refractivity contribution in [1.29, 1.82) is 0 Å². The van der Waals surface area contributed by atoms with Gasteiger partial charge < -0.3 is 9.32 Å². The van der Waals surface area contributed by atoms with Crippen molar-refractivity contribution >= 4 is 17.0 Å². The number of amides is 1. The highest BCUT2D eigenvalue weighted by Crippen LogP contribution is 2.19. The molecule has 112 valence electrons. The lowest BCUT2D eigenvalue weighted by atomic mass is 10.2. The smallest absolute Gasteiger partial charge is 0.264 e. The van der Waals surface area contributed by atoms with Gasteiger partial charge in [0, 0.05) is 31.6 Å². The summed E-state index contributed by atoms with van der Waals surface area (Å²) in [5.74, 6) is 0.820. The van der Waals surface area contributed by atoms with Crippen molar-refractivity contribution in [2.45, 2.75) is 39.7 Å². The van der Waals surface area contributed by atoms with E-state index in [4.69, 9.17) is 4.42 Å². The molecule has 0 unspecified atom stereocenters. The van der Waals surface area contributed by atoms with Crippen LogP contribution in [-0.2, 0) is 11.3 Å². The molecule has 3 rings (SSSR count). The number of carbonyl (C=O) groups excluding carboxylic acids is 1. The predicted octanol–water partition coefficient (Wildman–Crippen LogP) is 1.62. The summed E-state index contributed by atoms with van der Waals surface area (Å²) in [5.41, 5.74) is 1.06. The number of aromatic nitrogens is 2. The van der Waals surface area contributed by atoms with Crippen molar-refractivity contribution in [1.82, 2.24) is 14.5 Å². The quantitative estimate of drug-likeness (QED) is 0.861. The maximum Gasteiger partial charge on any atom is 0.264 e. The molecule has 1 amide bonds. The number of carbonyl (C=O) groups is 1. The molecule has 0 saturated carbocycles. The Morgan fingerprint density at radius 1 is 1.33 bits per heavy atom. The highest BCUT2D eigenvalue weighted by Gasteiger charge is 2.18. The molecule has 1 saturated heterocycles. The summed E-state index contributed by atoms with van der Waals surface area (Å²) in [4.78, 5) is 30.5. The van der Waals surface area contributed by atoms with E-state index in [9.17, 15) is 9.59 Å². The molecule has 0 aromatic carbocycles. The standard InChI is InChI=1S/C15H19N3O3/c1-10-11(2)21-14-13(10)15(20)18(9-16-14)8-5-12(19)17-6-3-4-7-17/h9H,3-8H2,1-2H3. The molecule has 0 atom stereocenters. The molecule has 3 heterocycles. The summed E-state index contributed by atoms with van der Waals surface area (Å²) in [5, 5.41) is 0.517. The van der Waals surface area contributed by atoms with E-state index in [0.717, 1.165) is 31.5 Å². The van der Waals surface area contributed by atoms with Gasteiger partial charge in [0.25, 0.3) is 5.56 Å². The second kappa shape index (κ2) is 5.35. The molecule has 2 aromatic heterocycles. The largest absolute Gasteiger partial charge is 0.443 e. The van der Waals surface area contributed by atoms with Crippen molar-refractivity contribution in [3.05, 3.63) is 28.0 Å². The van der Waals surface area contributed by atoms with E-state index >= 15 is 0 Å². The Morgan fingerprint density at radius 3 is 2.76 bits per heavy atom. The average molecular weight is 289 g/mol. The first-order chi connectivity index (χ1) is 10.1. The SMILES string of the molecule is Cc1oc2ncn(CCC(=O)N3CCCC3)c(=O)c2c1C. The van der Waals surface area contributed by atoms with Crippen molar-refractivity contribution in [2.24, 2.45) is 0 Å². The molecular weight excluding hydrogens is 270 g/mol. The minimum Gasteiger partial charge on any atom is -0.443 e. The number of furan rings is 1. The lowest BCUT2D eigenvalue weighted by Gasteiger charge is -2.15. The average Bonchev–Trinajstić information content (AvgIpc) is 3.08. The van der Waals surface area contributed by atoms with Gasteiger partial charge in [-0.3, -0.25) is 14.2 Å². The molecule has 0 bridgehead atoms. The second-order valence-electron chi connectivity index (χ2n) is 5.54. The number of fused-ring (bicyclic) bond motifs is 1. The third kappa shape index (κ3) is 2.46. The van der Waals surface area contributed by atoms with Crippen molar-refractivity contribution in [3.63, 3.8) is 0 Å². The third-order valence-corrected chi connectivity index (χ3v) is 4.18. The fourth-order valence-electron chi connectivity index (χ4n) is 2.77. The number of aryl methyl sites for hydroxylation is 3. The molecule has 1 fully saturated rings. The lowest BCUT2D eigenvalue weighted by molar-refractivity contribution is -0.130. The number of rotatable bonds is 3. The molecule has 2 aromatic rings. The number of hydrogen-bond donors (Lipinski definition) is 0. The van der Waals surface area contributed by atoms with Crippen LogP contribution in [0.25, 0.3) is 11.1 Å². The molecule has 0 aliphatic carbocycles. The van der Waals surface area contributed by atoms with E-state index in [-0.39, 0.29) is 11.5 Å². The Balaban J connectivity index is 1.81. The predicted molar refractivity (Wildman–Crippen MR) is 78.2 cm³/mol. The van der Waals surface area contributed by atoms with Crippen molar-refractivity contribution < 1.29 is 9.21 Å². The van der Waals surface area contributed by atoms with Gasteiger partial charge in [-0.15, -0.1) is 0 Å². The van der Waals surface area contributed by atoms with Crippen LogP contribution in [0.2, 0.25) is 0 Å². The first-order valence-electron chi connectivity index (χ1n) is 7.31. The fourth-order valence-corrected chi connectivity index (χ4v) is 2.77. The van der Waals surface area contributed by atoms with E-state index in [1.807, 2.05) is 18.7 Å². The first-order valence-corrected chi connectivity index (χ1v) is 7.31. The fraction of sp³-hybridized carbons (Fsp3) is 0.533. The van der Waals surface area contributed by atoms with Gasteiger partial charge in [0.1, 0.15) is 17.5 Å². The van der Waals surface area contributed by atoms with Crippen LogP contribution in [0.15, 0.2) is 15.5 Å². The minimum absolute atomic E-state index is 0.111. The zero-order valence-corrected chi connectivity index (χ0v) is 12.4. The zero-order valence-electron chi connectivity index (χ0n) is 12.4. The molecule has 1 aliphatic rings. The van der Waals surface area contributed by atoms with Crippen molar-refractivity contribution in [2.75, 3.05) is 13.1 Å². The summed E-state index contributed by atoms with van der Waals surface area (Å²) in [7, 11) is 0. The molecule has 6 heteroatoms. The van der Waals surface area contributed by atoms with E-state index in [1.54, 1.807) is 0 Å². The summed E-state index contributed by atoms with van der Waals surface area (Å²) in [6.07, 6.45) is 3.95. The van der Waals surface area contributed by atoms with Gasteiger partial charge in [-0.2, -0.15) is 0 Å². The van der Waals surface area contributed by atoms with Gasteiger partial charge in [-0.05, 0) is 26.7 Å². The summed E-state index contributed by atoms with van der Waals surface area (Å²) in [6, 6.07) is 0. The lowest BCUT2D eigenvalue weighted by Crippen LogP contribution is -2.30. The summed E-state index contributed by atoms with van der Waals surface area (Å²) < 4.78 is 6.94. The normalized spacial score (nSPS) is 15.0. The maximum atomic E-state index is 12.4. The van der Waals surface area contributed by atoms with Crippen molar-refractivity contribution in [3.8, 4) is 0 Å². The van der Waals surface area contributed by atoms with Crippen LogP contribution < -0.4 is 5.56 Å². The van der Waals surface area contributed by atoms with Gasteiger partial charge >= 0.3 is 0 Å². The maximum absolute atomic E-state index is 12.4. The van der Waals surface area contributed by atoms with Gasteiger partial charge in [-0.1, -0.05) is 0 Å². The second-order valence-corrected chi connectivity index (χ2v) is 5.54. The van der Waals surface area contributed by atoms with Gasteiger partial charge in [0.05, 0.1) is 0 Å². The molecular formula is C15H19N3O3. The van der Waals surface area contributed by atoms with Crippen LogP contribution in [0.5, 0.6) is 0 Å². The number of nitrogens with zero attached hydrogens (tertiary/aromatic N) is 3. The van der Waals surface area contributed by atoms with E-state index < -0.39 is 0 Å².